The summed E-state index contributed by atoms with van der Waals surface area (Å²) in [5, 5.41) is 39.7. The van der Waals surface area contributed by atoms with E-state index in [0.29, 0.717) is 5.69 Å². The normalized spacial score (nSPS) is 24.7. The molecule has 4 amide bonds. The molecule has 36 heavy (non-hydrogen) atoms. The Balaban J connectivity index is 2.17. The van der Waals surface area contributed by atoms with E-state index in [2.05, 4.69) is 21.3 Å². The second kappa shape index (κ2) is 12.6. The number of anilines is 1. The molecule has 1 aliphatic heterocycles. The Morgan fingerprint density at radius 2 is 1.69 bits per heavy atom. The Hall–Kier alpha value is -3.26. The zero-order valence-corrected chi connectivity index (χ0v) is 20.6. The van der Waals surface area contributed by atoms with Gasteiger partial charge in [0.25, 0.3) is 0 Å². The molecule has 6 atom stereocenters. The minimum Gasteiger partial charge on any atom is -0.444 e. The highest BCUT2D eigenvalue weighted by molar-refractivity contribution is 5.99. The van der Waals surface area contributed by atoms with Crippen molar-refractivity contribution in [3.63, 3.8) is 0 Å². The number of carbonyl (C=O) groups is 4. The molecule has 13 heteroatoms. The third-order valence-electron chi connectivity index (χ3n) is 5.04. The predicted octanol–water partition coefficient (Wildman–Crippen LogP) is -1.03. The molecule has 1 heterocycles. The highest BCUT2D eigenvalue weighted by Gasteiger charge is 2.45. The van der Waals surface area contributed by atoms with E-state index in [1.54, 1.807) is 51.1 Å². The standard InChI is InChI=1S/C23H34N4O9/c1-12(29)24-17-19(32)18(31)15(11-28)35-21(17)27-16(30)10-14(26-22(34)36-23(2,3)4)20(33)25-13-8-6-5-7-9-13/h5-9,14-15,17-19,21,28,31-32H,10-11H2,1-4H3,(H,24,29)(H,25,33)(H,26,34)(H,27,30)/t14-,15+,17+,18+,19+,21+/m0/s1. The van der Waals surface area contributed by atoms with Gasteiger partial charge in [0.05, 0.1) is 13.0 Å². The number of aliphatic hydroxyl groups is 3. The number of alkyl carbamates (subject to hydrolysis) is 1. The minimum absolute atomic E-state index is 0.433. The zero-order chi connectivity index (χ0) is 27.0. The van der Waals surface area contributed by atoms with Gasteiger partial charge in [0.2, 0.25) is 17.7 Å². The molecule has 0 bridgehead atoms. The van der Waals surface area contributed by atoms with Crippen LogP contribution in [0.25, 0.3) is 0 Å². The molecule has 2 rings (SSSR count). The summed E-state index contributed by atoms with van der Waals surface area (Å²) in [6.07, 6.45) is -7.18. The van der Waals surface area contributed by atoms with Crippen molar-refractivity contribution < 1.29 is 44.0 Å². The molecule has 200 valence electrons. The summed E-state index contributed by atoms with van der Waals surface area (Å²) in [7, 11) is 0. The Labute approximate surface area is 208 Å². The van der Waals surface area contributed by atoms with Gasteiger partial charge in [-0.15, -0.1) is 0 Å². The van der Waals surface area contributed by atoms with E-state index < -0.39 is 79.1 Å². The fourth-order valence-electron chi connectivity index (χ4n) is 3.45. The molecular formula is C23H34N4O9. The fraction of sp³-hybridized carbons (Fsp3) is 0.565. The van der Waals surface area contributed by atoms with Crippen LogP contribution in [0.15, 0.2) is 30.3 Å². The first-order valence-corrected chi connectivity index (χ1v) is 11.3. The molecule has 0 aromatic heterocycles. The van der Waals surface area contributed by atoms with Gasteiger partial charge in [-0.05, 0) is 32.9 Å². The number of rotatable bonds is 8. The van der Waals surface area contributed by atoms with Crippen molar-refractivity contribution in [3.8, 4) is 0 Å². The summed E-state index contributed by atoms with van der Waals surface area (Å²) < 4.78 is 10.7. The summed E-state index contributed by atoms with van der Waals surface area (Å²) in [6.45, 7) is 5.42. The molecule has 0 radical (unpaired) electrons. The average Bonchev–Trinajstić information content (AvgIpc) is 2.77. The van der Waals surface area contributed by atoms with Crippen LogP contribution in [-0.2, 0) is 23.9 Å². The lowest BCUT2D eigenvalue weighted by molar-refractivity contribution is -0.203. The van der Waals surface area contributed by atoms with Crippen molar-refractivity contribution in [2.24, 2.45) is 0 Å². The van der Waals surface area contributed by atoms with Crippen LogP contribution in [0.2, 0.25) is 0 Å². The number of nitrogens with one attached hydrogen (secondary N) is 4. The van der Waals surface area contributed by atoms with Gasteiger partial charge in [0, 0.05) is 12.6 Å². The SMILES string of the molecule is CC(=O)N[C@@H]1[C@@H](O)[C@H](O)[C@@H](CO)O[C@H]1NC(=O)C[C@H](NC(=O)OC(C)(C)C)C(=O)Nc1ccccc1. The van der Waals surface area contributed by atoms with Crippen LogP contribution >= 0.6 is 0 Å². The third kappa shape index (κ3) is 8.75. The maximum atomic E-state index is 12.9. The highest BCUT2D eigenvalue weighted by atomic mass is 16.6. The minimum atomic E-state index is -1.57. The number of hydrogen-bond donors (Lipinski definition) is 7. The van der Waals surface area contributed by atoms with Crippen molar-refractivity contribution in [2.75, 3.05) is 11.9 Å². The molecule has 0 aliphatic carbocycles. The maximum Gasteiger partial charge on any atom is 0.408 e. The van der Waals surface area contributed by atoms with Crippen LogP contribution in [0, 0.1) is 0 Å². The molecule has 0 unspecified atom stereocenters. The molecule has 7 N–H and O–H groups in total. The Morgan fingerprint density at radius 3 is 2.25 bits per heavy atom. The first-order valence-electron chi connectivity index (χ1n) is 11.3. The summed E-state index contributed by atoms with van der Waals surface area (Å²) >= 11 is 0. The number of carbonyl (C=O) groups excluding carboxylic acids is 4. The molecule has 1 aliphatic rings. The van der Waals surface area contributed by atoms with Crippen LogP contribution in [0.4, 0.5) is 10.5 Å². The van der Waals surface area contributed by atoms with Crippen LogP contribution in [0.3, 0.4) is 0 Å². The number of hydrogen-bond acceptors (Lipinski definition) is 9. The van der Waals surface area contributed by atoms with E-state index in [9.17, 15) is 34.5 Å². The lowest BCUT2D eigenvalue weighted by Crippen LogP contribution is -2.68. The van der Waals surface area contributed by atoms with Gasteiger partial charge in [-0.1, -0.05) is 18.2 Å². The Morgan fingerprint density at radius 1 is 1.06 bits per heavy atom. The van der Waals surface area contributed by atoms with E-state index >= 15 is 0 Å². The Kier molecular flexibility index (Phi) is 10.2. The highest BCUT2D eigenvalue weighted by Crippen LogP contribution is 2.20. The lowest BCUT2D eigenvalue weighted by Gasteiger charge is -2.42. The first kappa shape index (κ1) is 29.0. The quantitative estimate of drug-likeness (QED) is 0.229. The van der Waals surface area contributed by atoms with Gasteiger partial charge in [-0.25, -0.2) is 4.79 Å². The number of para-hydroxylation sites is 1. The first-order chi connectivity index (χ1) is 16.8. The van der Waals surface area contributed by atoms with Crippen molar-refractivity contribution in [1.82, 2.24) is 16.0 Å². The summed E-state index contributed by atoms with van der Waals surface area (Å²) in [4.78, 5) is 49.7. The number of aliphatic hydroxyl groups excluding tert-OH is 3. The van der Waals surface area contributed by atoms with Crippen molar-refractivity contribution >= 4 is 29.5 Å². The summed E-state index contributed by atoms with van der Waals surface area (Å²) in [5.41, 5.74) is -0.423. The van der Waals surface area contributed by atoms with Crippen molar-refractivity contribution in [1.29, 1.82) is 0 Å². The molecule has 13 nitrogen and oxygen atoms in total. The molecule has 1 aromatic rings. The van der Waals surface area contributed by atoms with E-state index in [1.165, 1.54) is 6.92 Å². The van der Waals surface area contributed by atoms with E-state index in [0.717, 1.165) is 0 Å². The van der Waals surface area contributed by atoms with Crippen LogP contribution < -0.4 is 21.3 Å². The van der Waals surface area contributed by atoms with Crippen LogP contribution in [0.5, 0.6) is 0 Å². The van der Waals surface area contributed by atoms with Gasteiger partial charge >= 0.3 is 6.09 Å². The molecular weight excluding hydrogens is 476 g/mol. The van der Waals surface area contributed by atoms with Crippen LogP contribution in [0.1, 0.15) is 34.1 Å². The van der Waals surface area contributed by atoms with Crippen molar-refractivity contribution in [3.05, 3.63) is 30.3 Å². The third-order valence-corrected chi connectivity index (χ3v) is 5.04. The number of amides is 4. The molecule has 1 saturated heterocycles. The van der Waals surface area contributed by atoms with Gasteiger partial charge in [-0.3, -0.25) is 14.4 Å². The predicted molar refractivity (Wildman–Crippen MR) is 126 cm³/mol. The van der Waals surface area contributed by atoms with Gasteiger partial charge < -0.3 is 46.1 Å². The molecule has 0 spiro atoms. The van der Waals surface area contributed by atoms with Gasteiger partial charge in [-0.2, -0.15) is 0 Å². The molecule has 1 fully saturated rings. The zero-order valence-electron chi connectivity index (χ0n) is 20.6. The maximum absolute atomic E-state index is 12.9. The lowest BCUT2D eigenvalue weighted by atomic mass is 9.95. The largest absolute Gasteiger partial charge is 0.444 e. The van der Waals surface area contributed by atoms with E-state index in [4.69, 9.17) is 9.47 Å². The second-order valence-electron chi connectivity index (χ2n) is 9.31. The summed E-state index contributed by atoms with van der Waals surface area (Å²) in [6, 6.07) is 5.76. The second-order valence-corrected chi connectivity index (χ2v) is 9.31. The van der Waals surface area contributed by atoms with Gasteiger partial charge in [0.15, 0.2) is 6.23 Å². The van der Waals surface area contributed by atoms with Gasteiger partial charge in [0.1, 0.15) is 36.0 Å². The number of ether oxygens (including phenoxy) is 2. The smallest absolute Gasteiger partial charge is 0.408 e. The average molecular weight is 511 g/mol. The monoisotopic (exact) mass is 510 g/mol. The Bertz CT molecular complexity index is 922. The molecule has 1 aromatic carbocycles. The summed E-state index contributed by atoms with van der Waals surface area (Å²) in [5.74, 6) is -2.06. The molecule has 0 saturated carbocycles. The van der Waals surface area contributed by atoms with E-state index in [1.807, 2.05) is 0 Å². The van der Waals surface area contributed by atoms with Crippen LogP contribution in [-0.4, -0.2) is 88.0 Å². The van der Waals surface area contributed by atoms with Crippen molar-refractivity contribution in [2.45, 2.75) is 76.3 Å². The number of benzene rings is 1. The topological polar surface area (TPSA) is 196 Å². The fourth-order valence-corrected chi connectivity index (χ4v) is 3.45. The van der Waals surface area contributed by atoms with E-state index in [-0.39, 0.29) is 0 Å².